The number of carbonyl (C=O) groups is 1. The number of hydrogen-bond donors (Lipinski definition) is 1. The summed E-state index contributed by atoms with van der Waals surface area (Å²) in [5.41, 5.74) is 1.59. The smallest absolute Gasteiger partial charge is 0.264 e. The van der Waals surface area contributed by atoms with Crippen LogP contribution in [0.2, 0.25) is 5.02 Å². The molecular formula is C24H23ClF2N2O3S. The summed E-state index contributed by atoms with van der Waals surface area (Å²) in [6, 6.07) is 12.7. The molecule has 0 bridgehead atoms. The number of sulfonamides is 1. The third kappa shape index (κ3) is 5.51. The van der Waals surface area contributed by atoms with Crippen LogP contribution in [0, 0.1) is 25.5 Å². The van der Waals surface area contributed by atoms with E-state index in [4.69, 9.17) is 11.6 Å². The van der Waals surface area contributed by atoms with Gasteiger partial charge in [-0.3, -0.25) is 9.10 Å². The molecule has 0 aliphatic carbocycles. The van der Waals surface area contributed by atoms with E-state index < -0.39 is 34.1 Å². The molecule has 0 fully saturated rings. The van der Waals surface area contributed by atoms with Gasteiger partial charge in [-0.05, 0) is 73.0 Å². The van der Waals surface area contributed by atoms with Crippen LogP contribution in [0.3, 0.4) is 0 Å². The quantitative estimate of drug-likeness (QED) is 0.517. The van der Waals surface area contributed by atoms with Crippen molar-refractivity contribution in [1.29, 1.82) is 0 Å². The van der Waals surface area contributed by atoms with Crippen molar-refractivity contribution in [3.8, 4) is 0 Å². The monoisotopic (exact) mass is 492 g/mol. The minimum absolute atomic E-state index is 0.00174. The van der Waals surface area contributed by atoms with Gasteiger partial charge in [0.15, 0.2) is 0 Å². The minimum Gasteiger partial charge on any atom is -0.358 e. The minimum atomic E-state index is -4.21. The summed E-state index contributed by atoms with van der Waals surface area (Å²) in [5.74, 6) is -2.09. The number of halogens is 3. The van der Waals surface area contributed by atoms with Crippen molar-refractivity contribution in [3.63, 3.8) is 0 Å². The van der Waals surface area contributed by atoms with Crippen molar-refractivity contribution in [2.45, 2.75) is 25.2 Å². The molecular weight excluding hydrogens is 470 g/mol. The summed E-state index contributed by atoms with van der Waals surface area (Å²) in [4.78, 5) is 12.3. The fourth-order valence-corrected chi connectivity index (χ4v) is 5.39. The Hall–Kier alpha value is -2.97. The topological polar surface area (TPSA) is 66.5 Å². The Labute approximate surface area is 197 Å². The summed E-state index contributed by atoms with van der Waals surface area (Å²) in [6.45, 7) is 3.01. The maximum atomic E-state index is 14.4. The third-order valence-electron chi connectivity index (χ3n) is 5.09. The highest BCUT2D eigenvalue weighted by Gasteiger charge is 2.29. The zero-order valence-corrected chi connectivity index (χ0v) is 19.9. The molecule has 0 aromatic heterocycles. The Bertz CT molecular complexity index is 1270. The summed E-state index contributed by atoms with van der Waals surface area (Å²) < 4.78 is 57.0. The SMILES string of the molecule is CNC(=O)CN(c1ccc(Cl)cc1Cc1c(F)cccc1F)S(=O)(=O)c1cc(C)cc(C)c1. The van der Waals surface area contributed by atoms with Crippen LogP contribution in [-0.4, -0.2) is 27.9 Å². The van der Waals surface area contributed by atoms with Crippen molar-refractivity contribution < 1.29 is 22.0 Å². The second kappa shape index (κ2) is 9.89. The van der Waals surface area contributed by atoms with E-state index in [9.17, 15) is 22.0 Å². The van der Waals surface area contributed by atoms with Gasteiger partial charge in [0.1, 0.15) is 18.2 Å². The standard InChI is InChI=1S/C24H23ClF2N2O3S/c1-15-9-16(2)11-19(10-15)33(31,32)29(14-24(30)28-3)23-8-7-18(25)12-17(23)13-20-21(26)5-4-6-22(20)27/h4-12H,13-14H2,1-3H3,(H,28,30). The number of hydrogen-bond acceptors (Lipinski definition) is 3. The van der Waals surface area contributed by atoms with Gasteiger partial charge in [0.25, 0.3) is 10.0 Å². The van der Waals surface area contributed by atoms with E-state index in [1.807, 2.05) is 6.07 Å². The molecule has 0 atom stereocenters. The summed E-state index contributed by atoms with van der Waals surface area (Å²) in [5, 5.41) is 2.68. The van der Waals surface area contributed by atoms with Crippen LogP contribution in [0.1, 0.15) is 22.3 Å². The lowest BCUT2D eigenvalue weighted by Crippen LogP contribution is -2.40. The summed E-state index contributed by atoms with van der Waals surface area (Å²) >= 11 is 6.14. The number of nitrogens with one attached hydrogen (secondary N) is 1. The summed E-state index contributed by atoms with van der Waals surface area (Å²) in [6.07, 6.45) is -0.263. The number of anilines is 1. The lowest BCUT2D eigenvalue weighted by Gasteiger charge is -2.27. The molecule has 0 saturated heterocycles. The molecule has 33 heavy (non-hydrogen) atoms. The number of nitrogens with zero attached hydrogens (tertiary/aromatic N) is 1. The van der Waals surface area contributed by atoms with Crippen molar-refractivity contribution in [2.75, 3.05) is 17.9 Å². The Balaban J connectivity index is 2.20. The molecule has 3 aromatic carbocycles. The van der Waals surface area contributed by atoms with E-state index in [1.54, 1.807) is 13.8 Å². The first-order valence-corrected chi connectivity index (χ1v) is 11.9. The van der Waals surface area contributed by atoms with Gasteiger partial charge >= 0.3 is 0 Å². The molecule has 0 saturated carbocycles. The molecule has 0 aliphatic rings. The van der Waals surface area contributed by atoms with Crippen LogP contribution >= 0.6 is 11.6 Å². The second-order valence-electron chi connectivity index (χ2n) is 7.66. The maximum absolute atomic E-state index is 14.4. The van der Waals surface area contributed by atoms with E-state index in [-0.39, 0.29) is 33.2 Å². The highest BCUT2D eigenvalue weighted by molar-refractivity contribution is 7.92. The number of benzene rings is 3. The first-order valence-electron chi connectivity index (χ1n) is 10.1. The largest absolute Gasteiger partial charge is 0.358 e. The third-order valence-corrected chi connectivity index (χ3v) is 7.06. The highest BCUT2D eigenvalue weighted by atomic mass is 35.5. The van der Waals surface area contributed by atoms with Gasteiger partial charge in [0.05, 0.1) is 10.6 Å². The molecule has 1 N–H and O–H groups in total. The van der Waals surface area contributed by atoms with Crippen molar-refractivity contribution in [3.05, 3.63) is 93.5 Å². The van der Waals surface area contributed by atoms with E-state index in [0.29, 0.717) is 0 Å². The van der Waals surface area contributed by atoms with Crippen LogP contribution in [-0.2, 0) is 21.2 Å². The highest BCUT2D eigenvalue weighted by Crippen LogP contribution is 2.32. The fourth-order valence-electron chi connectivity index (χ4n) is 3.55. The second-order valence-corrected chi connectivity index (χ2v) is 9.96. The van der Waals surface area contributed by atoms with Gasteiger partial charge in [-0.1, -0.05) is 23.7 Å². The number of amides is 1. The normalized spacial score (nSPS) is 11.3. The lowest BCUT2D eigenvalue weighted by atomic mass is 10.0. The van der Waals surface area contributed by atoms with Gasteiger partial charge in [-0.15, -0.1) is 0 Å². The molecule has 174 valence electrons. The van der Waals surface area contributed by atoms with Crippen LogP contribution in [0.15, 0.2) is 59.5 Å². The Kier molecular flexibility index (Phi) is 7.39. The van der Waals surface area contributed by atoms with E-state index in [0.717, 1.165) is 27.6 Å². The predicted molar refractivity (Wildman–Crippen MR) is 125 cm³/mol. The Morgan fingerprint density at radius 3 is 2.18 bits per heavy atom. The number of carbonyl (C=O) groups excluding carboxylic acids is 1. The summed E-state index contributed by atoms with van der Waals surface area (Å²) in [7, 11) is -2.82. The van der Waals surface area contributed by atoms with Crippen molar-refractivity contribution in [1.82, 2.24) is 5.32 Å². The van der Waals surface area contributed by atoms with Gasteiger partial charge in [0.2, 0.25) is 5.91 Å². The average Bonchev–Trinajstić information content (AvgIpc) is 2.74. The molecule has 5 nitrogen and oxygen atoms in total. The van der Waals surface area contributed by atoms with Crippen molar-refractivity contribution >= 4 is 33.2 Å². The molecule has 0 aliphatic heterocycles. The molecule has 0 spiro atoms. The van der Waals surface area contributed by atoms with Crippen LogP contribution in [0.4, 0.5) is 14.5 Å². The first kappa shape index (κ1) is 24.7. The Morgan fingerprint density at radius 2 is 1.61 bits per heavy atom. The predicted octanol–water partition coefficient (Wildman–Crippen LogP) is 4.77. The molecule has 0 heterocycles. The van der Waals surface area contributed by atoms with E-state index in [2.05, 4.69) is 5.32 Å². The molecule has 3 aromatic rings. The molecule has 9 heteroatoms. The zero-order valence-electron chi connectivity index (χ0n) is 18.3. The van der Waals surface area contributed by atoms with E-state index >= 15 is 0 Å². The fraction of sp³-hybridized carbons (Fsp3) is 0.208. The average molecular weight is 493 g/mol. The van der Waals surface area contributed by atoms with Gasteiger partial charge in [-0.2, -0.15) is 0 Å². The van der Waals surface area contributed by atoms with Crippen molar-refractivity contribution in [2.24, 2.45) is 0 Å². The van der Waals surface area contributed by atoms with Gasteiger partial charge < -0.3 is 5.32 Å². The Morgan fingerprint density at radius 1 is 1.00 bits per heavy atom. The molecule has 0 radical (unpaired) electrons. The van der Waals surface area contributed by atoms with Crippen LogP contribution in [0.25, 0.3) is 0 Å². The lowest BCUT2D eigenvalue weighted by molar-refractivity contribution is -0.119. The van der Waals surface area contributed by atoms with E-state index in [1.165, 1.54) is 43.4 Å². The number of likely N-dealkylation sites (N-methyl/N-ethyl adjacent to an activating group) is 1. The van der Waals surface area contributed by atoms with Crippen LogP contribution < -0.4 is 9.62 Å². The molecule has 3 rings (SSSR count). The van der Waals surface area contributed by atoms with Crippen LogP contribution in [0.5, 0.6) is 0 Å². The first-order chi connectivity index (χ1) is 15.5. The van der Waals surface area contributed by atoms with Gasteiger partial charge in [0, 0.05) is 24.1 Å². The van der Waals surface area contributed by atoms with Gasteiger partial charge in [-0.25, -0.2) is 17.2 Å². The maximum Gasteiger partial charge on any atom is 0.264 e. The molecule has 1 amide bonds. The number of aryl methyl sites for hydroxylation is 2. The zero-order chi connectivity index (χ0) is 24.3. The number of rotatable bonds is 7. The molecule has 0 unspecified atom stereocenters.